The molecule has 4 atom stereocenters. The molecule has 29 heavy (non-hydrogen) atoms. The van der Waals surface area contributed by atoms with Crippen LogP contribution in [0, 0.1) is 27.9 Å². The van der Waals surface area contributed by atoms with Crippen molar-refractivity contribution in [1.82, 2.24) is 0 Å². The normalized spacial score (nSPS) is 30.3. The number of imide groups is 1. The molecule has 3 heterocycles. The summed E-state index contributed by atoms with van der Waals surface area (Å²) in [6, 6.07) is 15.0. The zero-order valence-corrected chi connectivity index (χ0v) is 15.6. The highest BCUT2D eigenvalue weighted by molar-refractivity contribution is 6.23. The molecule has 2 bridgehead atoms. The highest BCUT2D eigenvalue weighted by atomic mass is 16.6. The lowest BCUT2D eigenvalue weighted by molar-refractivity contribution is -0.384. The molecule has 0 unspecified atom stereocenters. The number of amides is 2. The monoisotopic (exact) mass is 390 g/mol. The second-order valence-electron chi connectivity index (χ2n) is 7.75. The van der Waals surface area contributed by atoms with E-state index >= 15 is 0 Å². The lowest BCUT2D eigenvalue weighted by Crippen LogP contribution is -2.54. The fourth-order valence-electron chi connectivity index (χ4n) is 4.98. The van der Waals surface area contributed by atoms with Crippen molar-refractivity contribution < 1.29 is 19.2 Å². The maximum absolute atomic E-state index is 13.5. The molecular formula is C22H18N2O5. The van der Waals surface area contributed by atoms with Gasteiger partial charge in [-0.15, -0.1) is 0 Å². The van der Waals surface area contributed by atoms with Gasteiger partial charge in [0.25, 0.3) is 5.69 Å². The molecule has 2 fully saturated rings. The van der Waals surface area contributed by atoms with Crippen molar-refractivity contribution in [2.75, 3.05) is 11.5 Å². The van der Waals surface area contributed by atoms with Crippen LogP contribution < -0.4 is 4.90 Å². The summed E-state index contributed by atoms with van der Waals surface area (Å²) in [6.07, 6.45) is 1.99. The number of anilines is 1. The van der Waals surface area contributed by atoms with E-state index in [1.807, 2.05) is 43.3 Å². The summed E-state index contributed by atoms with van der Waals surface area (Å²) in [5, 5.41) is 10.9. The first-order valence-corrected chi connectivity index (χ1v) is 9.45. The molecule has 4 aliphatic rings. The maximum atomic E-state index is 13.5. The molecule has 7 heteroatoms. The number of nitro groups is 1. The van der Waals surface area contributed by atoms with Crippen molar-refractivity contribution >= 4 is 23.2 Å². The Hall–Kier alpha value is -3.32. The van der Waals surface area contributed by atoms with Crippen molar-refractivity contribution in [1.29, 1.82) is 0 Å². The molecular weight excluding hydrogens is 372 g/mol. The summed E-state index contributed by atoms with van der Waals surface area (Å²) in [6.45, 7) is 2.36. The van der Waals surface area contributed by atoms with E-state index < -0.39 is 22.4 Å². The van der Waals surface area contributed by atoms with E-state index in [1.165, 1.54) is 29.2 Å². The first-order valence-electron chi connectivity index (χ1n) is 9.45. The largest absolute Gasteiger partial charge is 0.365 e. The molecule has 2 aromatic rings. The summed E-state index contributed by atoms with van der Waals surface area (Å²) >= 11 is 0. The molecule has 3 aliphatic heterocycles. The van der Waals surface area contributed by atoms with Gasteiger partial charge in [0, 0.05) is 18.1 Å². The highest BCUT2D eigenvalue weighted by Crippen LogP contribution is 2.57. The average molecular weight is 390 g/mol. The summed E-state index contributed by atoms with van der Waals surface area (Å²) in [4.78, 5) is 38.5. The zero-order valence-electron chi connectivity index (χ0n) is 15.6. The quantitative estimate of drug-likeness (QED) is 0.347. The van der Waals surface area contributed by atoms with Crippen molar-refractivity contribution in [3.63, 3.8) is 0 Å². The third-order valence-electron chi connectivity index (χ3n) is 6.32. The number of hydrogen-bond acceptors (Lipinski definition) is 5. The summed E-state index contributed by atoms with van der Waals surface area (Å²) in [7, 11) is 0. The average Bonchev–Trinajstić information content (AvgIpc) is 3.01. The van der Waals surface area contributed by atoms with Crippen LogP contribution in [0.4, 0.5) is 11.4 Å². The smallest absolute Gasteiger partial charge is 0.269 e. The molecule has 0 saturated carbocycles. The summed E-state index contributed by atoms with van der Waals surface area (Å²) in [5.74, 6) is -1.90. The SMILES string of the molecule is CC1=C[C@@]2(c3ccccc3)OC[C@@H]1[C@H]1C(=O)N(c3ccc([N+](=O)[O-])cc3)C(=O)[C@H]12. The predicted molar refractivity (Wildman–Crippen MR) is 104 cm³/mol. The Morgan fingerprint density at radius 1 is 1.07 bits per heavy atom. The van der Waals surface area contributed by atoms with E-state index in [2.05, 4.69) is 0 Å². The van der Waals surface area contributed by atoms with Gasteiger partial charge in [0.15, 0.2) is 0 Å². The minimum atomic E-state index is -0.979. The molecule has 146 valence electrons. The van der Waals surface area contributed by atoms with Crippen molar-refractivity contribution in [3.8, 4) is 0 Å². The summed E-state index contributed by atoms with van der Waals surface area (Å²) < 4.78 is 6.22. The topological polar surface area (TPSA) is 89.8 Å². The first-order chi connectivity index (χ1) is 13.9. The number of rotatable bonds is 3. The van der Waals surface area contributed by atoms with Gasteiger partial charge in [-0.1, -0.05) is 35.9 Å². The van der Waals surface area contributed by atoms with Gasteiger partial charge < -0.3 is 4.74 Å². The van der Waals surface area contributed by atoms with Gasteiger partial charge in [-0.3, -0.25) is 19.7 Å². The van der Waals surface area contributed by atoms with E-state index in [0.717, 1.165) is 11.1 Å². The molecule has 0 radical (unpaired) electrons. The van der Waals surface area contributed by atoms with Gasteiger partial charge in [0.05, 0.1) is 29.1 Å². The Balaban J connectivity index is 1.62. The number of non-ortho nitro benzene ring substituents is 1. The van der Waals surface area contributed by atoms with Gasteiger partial charge in [-0.25, -0.2) is 4.90 Å². The van der Waals surface area contributed by atoms with Crippen LogP contribution in [0.5, 0.6) is 0 Å². The molecule has 2 amide bonds. The Bertz CT molecular complexity index is 1060. The maximum Gasteiger partial charge on any atom is 0.269 e. The number of nitro benzene ring substituents is 1. The van der Waals surface area contributed by atoms with Crippen LogP contribution in [-0.4, -0.2) is 23.3 Å². The number of carbonyl (C=O) groups is 2. The number of ether oxygens (including phenoxy) is 1. The second kappa shape index (κ2) is 6.09. The Morgan fingerprint density at radius 3 is 2.38 bits per heavy atom. The van der Waals surface area contributed by atoms with E-state index in [0.29, 0.717) is 12.3 Å². The van der Waals surface area contributed by atoms with Crippen LogP contribution in [-0.2, 0) is 19.9 Å². The van der Waals surface area contributed by atoms with Crippen LogP contribution in [0.3, 0.4) is 0 Å². The minimum Gasteiger partial charge on any atom is -0.365 e. The third-order valence-corrected chi connectivity index (χ3v) is 6.32. The zero-order chi connectivity index (χ0) is 20.3. The fourth-order valence-corrected chi connectivity index (χ4v) is 4.98. The standard InChI is InChI=1S/C22H18N2O5/c1-13-11-22(14-5-3-2-4-6-14)19-18(17(13)12-29-22)20(25)23(21(19)26)15-7-9-16(10-8-15)24(27)28/h2-11,17-19H,12H2,1H3/t17-,18+,19-,22-/m0/s1. The van der Waals surface area contributed by atoms with Gasteiger partial charge in [-0.05, 0) is 30.7 Å². The minimum absolute atomic E-state index is 0.0908. The molecule has 1 aliphatic carbocycles. The van der Waals surface area contributed by atoms with Crippen LogP contribution in [0.15, 0.2) is 66.2 Å². The Labute approximate surface area is 166 Å². The second-order valence-corrected chi connectivity index (χ2v) is 7.75. The molecule has 0 N–H and O–H groups in total. The van der Waals surface area contributed by atoms with E-state index in [-0.39, 0.29) is 23.4 Å². The Morgan fingerprint density at radius 2 is 1.76 bits per heavy atom. The Kier molecular flexibility index (Phi) is 3.73. The van der Waals surface area contributed by atoms with Gasteiger partial charge in [-0.2, -0.15) is 0 Å². The van der Waals surface area contributed by atoms with Gasteiger partial charge >= 0.3 is 0 Å². The number of hydrogen-bond donors (Lipinski definition) is 0. The molecule has 0 aromatic heterocycles. The van der Waals surface area contributed by atoms with Crippen molar-refractivity contribution in [2.24, 2.45) is 17.8 Å². The first kappa shape index (κ1) is 17.8. The van der Waals surface area contributed by atoms with Crippen molar-refractivity contribution in [3.05, 3.63) is 81.9 Å². The molecule has 6 rings (SSSR count). The third kappa shape index (κ3) is 2.34. The summed E-state index contributed by atoms with van der Waals surface area (Å²) in [5.41, 5.74) is 1.17. The molecule has 7 nitrogen and oxygen atoms in total. The van der Waals surface area contributed by atoms with E-state index in [9.17, 15) is 19.7 Å². The van der Waals surface area contributed by atoms with Crippen LogP contribution in [0.25, 0.3) is 0 Å². The van der Waals surface area contributed by atoms with Crippen LogP contribution >= 0.6 is 0 Å². The van der Waals surface area contributed by atoms with Crippen LogP contribution in [0.2, 0.25) is 0 Å². The highest BCUT2D eigenvalue weighted by Gasteiger charge is 2.65. The lowest BCUT2D eigenvalue weighted by atomic mass is 9.62. The molecule has 0 spiro atoms. The predicted octanol–water partition coefficient (Wildman–Crippen LogP) is 3.20. The van der Waals surface area contributed by atoms with E-state index in [4.69, 9.17) is 4.74 Å². The molecule has 2 saturated heterocycles. The number of carbonyl (C=O) groups excluding carboxylic acids is 2. The number of nitrogens with zero attached hydrogens (tertiary/aromatic N) is 2. The molecule has 2 aromatic carbocycles. The number of fused-ring (bicyclic) bond motifs is 1. The van der Waals surface area contributed by atoms with E-state index in [1.54, 1.807) is 0 Å². The lowest BCUT2D eigenvalue weighted by Gasteiger charge is -2.50. The van der Waals surface area contributed by atoms with Crippen molar-refractivity contribution in [2.45, 2.75) is 12.5 Å². The van der Waals surface area contributed by atoms with Crippen LogP contribution in [0.1, 0.15) is 12.5 Å². The van der Waals surface area contributed by atoms with Gasteiger partial charge in [0.1, 0.15) is 5.60 Å². The number of benzene rings is 2. The fraction of sp³-hybridized carbons (Fsp3) is 0.273. The van der Waals surface area contributed by atoms with Gasteiger partial charge in [0.2, 0.25) is 11.8 Å².